The van der Waals surface area contributed by atoms with Gasteiger partial charge in [0.2, 0.25) is 5.91 Å². The number of amides is 2. The van der Waals surface area contributed by atoms with Crippen LogP contribution in [-0.2, 0) is 4.79 Å². The van der Waals surface area contributed by atoms with Crippen LogP contribution < -0.4 is 16.0 Å². The van der Waals surface area contributed by atoms with Gasteiger partial charge in [-0.1, -0.05) is 13.3 Å². The van der Waals surface area contributed by atoms with Gasteiger partial charge < -0.3 is 19.5 Å². The molecular weight excluding hydrogens is 362 g/mol. The van der Waals surface area contributed by atoms with Crippen molar-refractivity contribution in [3.8, 4) is 11.5 Å². The number of nitrogens with one attached hydrogen (secondary N) is 3. The molecule has 0 spiro atoms. The summed E-state index contributed by atoms with van der Waals surface area (Å²) in [7, 11) is 0. The van der Waals surface area contributed by atoms with E-state index in [9.17, 15) is 9.59 Å². The summed E-state index contributed by atoms with van der Waals surface area (Å²) in [4.78, 5) is 24.6. The predicted octanol–water partition coefficient (Wildman–Crippen LogP) is 2.72. The van der Waals surface area contributed by atoms with E-state index in [-0.39, 0.29) is 17.7 Å². The highest BCUT2D eigenvalue weighted by Gasteiger charge is 2.29. The first kappa shape index (κ1) is 18.1. The van der Waals surface area contributed by atoms with Crippen LogP contribution in [0, 0.1) is 0 Å². The Kier molecular flexibility index (Phi) is 4.98. The molecule has 0 radical (unpaired) electrons. The second-order valence-corrected chi connectivity index (χ2v) is 6.59. The molecule has 0 bridgehead atoms. The smallest absolute Gasteiger partial charge is 0.292 e. The molecule has 1 fully saturated rings. The lowest BCUT2D eigenvalue weighted by molar-refractivity contribution is -0.125. The van der Waals surface area contributed by atoms with Crippen molar-refractivity contribution in [3.63, 3.8) is 0 Å². The summed E-state index contributed by atoms with van der Waals surface area (Å²) in [5, 5.41) is 13.6. The molecule has 9 heteroatoms. The normalized spacial score (nSPS) is 19.4. The molecule has 3 aromatic heterocycles. The molecule has 146 valence electrons. The standard InChI is InChI=1S/C19H21N5O4/c1-2-5-12-10-17(25)22-19(20-12)24-16(21-18(26)15-7-4-9-28-15)11-13(23-24)14-6-3-8-27-14/h3-4,6-9,11-12,19-20H,2,5,10H2,1H3,(H,21,26)(H,22,25). The van der Waals surface area contributed by atoms with Crippen LogP contribution in [0.15, 0.2) is 51.7 Å². The summed E-state index contributed by atoms with van der Waals surface area (Å²) in [6.45, 7) is 2.07. The third kappa shape index (κ3) is 3.70. The molecule has 0 aromatic carbocycles. The van der Waals surface area contributed by atoms with Gasteiger partial charge in [0, 0.05) is 18.5 Å². The van der Waals surface area contributed by atoms with Crippen molar-refractivity contribution in [2.45, 2.75) is 38.5 Å². The largest absolute Gasteiger partial charge is 0.463 e. The maximum atomic E-state index is 12.5. The number of anilines is 1. The average Bonchev–Trinajstić information content (AvgIpc) is 3.42. The summed E-state index contributed by atoms with van der Waals surface area (Å²) < 4.78 is 12.1. The van der Waals surface area contributed by atoms with Gasteiger partial charge in [0.05, 0.1) is 12.5 Å². The van der Waals surface area contributed by atoms with Gasteiger partial charge in [0.1, 0.15) is 11.5 Å². The first-order valence-corrected chi connectivity index (χ1v) is 9.17. The minimum absolute atomic E-state index is 0.0358. The van der Waals surface area contributed by atoms with Gasteiger partial charge in [-0.15, -0.1) is 0 Å². The molecule has 2 amide bonds. The van der Waals surface area contributed by atoms with E-state index in [1.165, 1.54) is 6.26 Å². The zero-order valence-electron chi connectivity index (χ0n) is 15.3. The lowest BCUT2D eigenvalue weighted by Gasteiger charge is -2.32. The Morgan fingerprint density at radius 2 is 2.14 bits per heavy atom. The number of furan rings is 2. The Labute approximate surface area is 161 Å². The quantitative estimate of drug-likeness (QED) is 0.603. The summed E-state index contributed by atoms with van der Waals surface area (Å²) in [5.41, 5.74) is 0.536. The molecule has 0 saturated carbocycles. The molecule has 2 unspecified atom stereocenters. The van der Waals surface area contributed by atoms with Crippen molar-refractivity contribution >= 4 is 17.6 Å². The summed E-state index contributed by atoms with van der Waals surface area (Å²) in [6.07, 6.45) is 4.62. The minimum Gasteiger partial charge on any atom is -0.463 e. The van der Waals surface area contributed by atoms with Gasteiger partial charge in [-0.2, -0.15) is 5.10 Å². The van der Waals surface area contributed by atoms with Crippen LogP contribution >= 0.6 is 0 Å². The van der Waals surface area contributed by atoms with E-state index in [1.54, 1.807) is 41.3 Å². The summed E-state index contributed by atoms with van der Waals surface area (Å²) in [6, 6.07) is 8.47. The van der Waals surface area contributed by atoms with E-state index in [4.69, 9.17) is 8.83 Å². The maximum absolute atomic E-state index is 12.5. The topological polar surface area (TPSA) is 114 Å². The van der Waals surface area contributed by atoms with E-state index >= 15 is 0 Å². The molecule has 1 aliphatic heterocycles. The molecule has 4 rings (SSSR count). The third-order valence-corrected chi connectivity index (χ3v) is 4.50. The summed E-state index contributed by atoms with van der Waals surface area (Å²) in [5.74, 6) is 0.656. The molecule has 28 heavy (non-hydrogen) atoms. The first-order chi connectivity index (χ1) is 13.6. The molecule has 3 aromatic rings. The lowest BCUT2D eigenvalue weighted by Crippen LogP contribution is -2.53. The molecule has 3 N–H and O–H groups in total. The van der Waals surface area contributed by atoms with E-state index in [0.29, 0.717) is 23.7 Å². The maximum Gasteiger partial charge on any atom is 0.292 e. The number of carbonyl (C=O) groups excluding carboxylic acids is 2. The average molecular weight is 383 g/mol. The Bertz CT molecular complexity index is 945. The van der Waals surface area contributed by atoms with Gasteiger partial charge in [-0.25, -0.2) is 4.68 Å². The highest BCUT2D eigenvalue weighted by atomic mass is 16.3. The van der Waals surface area contributed by atoms with Crippen LogP contribution in [0.2, 0.25) is 0 Å². The van der Waals surface area contributed by atoms with Gasteiger partial charge in [0.25, 0.3) is 5.91 Å². The number of hydrogen-bond acceptors (Lipinski definition) is 6. The zero-order valence-corrected chi connectivity index (χ0v) is 15.3. The molecular formula is C19H21N5O4. The van der Waals surface area contributed by atoms with Crippen LogP contribution in [0.3, 0.4) is 0 Å². The van der Waals surface area contributed by atoms with Crippen molar-refractivity contribution < 1.29 is 18.4 Å². The minimum atomic E-state index is -0.589. The summed E-state index contributed by atoms with van der Waals surface area (Å²) >= 11 is 0. The SMILES string of the molecule is CCCC1CC(=O)NC(n2nc(-c3ccco3)cc2NC(=O)c2ccco2)N1. The van der Waals surface area contributed by atoms with Crippen LogP contribution in [-0.4, -0.2) is 27.6 Å². The predicted molar refractivity (Wildman–Crippen MR) is 100 cm³/mol. The first-order valence-electron chi connectivity index (χ1n) is 9.17. The van der Waals surface area contributed by atoms with Gasteiger partial charge in [-0.3, -0.25) is 14.9 Å². The molecule has 1 aliphatic rings. The highest BCUT2D eigenvalue weighted by Crippen LogP contribution is 2.26. The number of aromatic nitrogens is 2. The Morgan fingerprint density at radius 3 is 2.86 bits per heavy atom. The Balaban J connectivity index is 1.66. The van der Waals surface area contributed by atoms with Gasteiger partial charge in [-0.05, 0) is 30.7 Å². The van der Waals surface area contributed by atoms with Crippen molar-refractivity contribution in [1.82, 2.24) is 20.4 Å². The van der Waals surface area contributed by atoms with E-state index in [0.717, 1.165) is 12.8 Å². The Morgan fingerprint density at radius 1 is 1.32 bits per heavy atom. The van der Waals surface area contributed by atoms with E-state index < -0.39 is 12.2 Å². The lowest BCUT2D eigenvalue weighted by atomic mass is 10.1. The second kappa shape index (κ2) is 7.73. The van der Waals surface area contributed by atoms with Crippen molar-refractivity contribution in [2.24, 2.45) is 0 Å². The second-order valence-electron chi connectivity index (χ2n) is 6.59. The Hall–Kier alpha value is -3.33. The zero-order chi connectivity index (χ0) is 19.5. The fourth-order valence-corrected chi connectivity index (χ4v) is 3.24. The van der Waals surface area contributed by atoms with Gasteiger partial charge in [0.15, 0.2) is 17.8 Å². The highest BCUT2D eigenvalue weighted by molar-refractivity contribution is 6.02. The van der Waals surface area contributed by atoms with E-state index in [1.807, 2.05) is 0 Å². The monoisotopic (exact) mass is 383 g/mol. The number of carbonyl (C=O) groups is 2. The van der Waals surface area contributed by atoms with Gasteiger partial charge >= 0.3 is 0 Å². The third-order valence-electron chi connectivity index (χ3n) is 4.50. The van der Waals surface area contributed by atoms with Crippen molar-refractivity contribution in [1.29, 1.82) is 0 Å². The number of rotatable bonds is 6. The molecule has 2 atom stereocenters. The van der Waals surface area contributed by atoms with Crippen LogP contribution in [0.1, 0.15) is 43.0 Å². The van der Waals surface area contributed by atoms with Crippen LogP contribution in [0.4, 0.5) is 5.82 Å². The van der Waals surface area contributed by atoms with Crippen molar-refractivity contribution in [3.05, 3.63) is 48.6 Å². The van der Waals surface area contributed by atoms with E-state index in [2.05, 4.69) is 28.0 Å². The fraction of sp³-hybridized carbons (Fsp3) is 0.316. The molecule has 0 aliphatic carbocycles. The van der Waals surface area contributed by atoms with Crippen molar-refractivity contribution in [2.75, 3.05) is 5.32 Å². The molecule has 9 nitrogen and oxygen atoms in total. The molecule has 4 heterocycles. The number of hydrogen-bond donors (Lipinski definition) is 3. The molecule has 1 saturated heterocycles. The number of nitrogens with zero attached hydrogens (tertiary/aromatic N) is 2. The van der Waals surface area contributed by atoms with Crippen LogP contribution in [0.25, 0.3) is 11.5 Å². The van der Waals surface area contributed by atoms with Crippen LogP contribution in [0.5, 0.6) is 0 Å². The fourth-order valence-electron chi connectivity index (χ4n) is 3.24.